The van der Waals surface area contributed by atoms with Crippen LogP contribution in [0.15, 0.2) is 54.6 Å². The summed E-state index contributed by atoms with van der Waals surface area (Å²) in [7, 11) is 0. The summed E-state index contributed by atoms with van der Waals surface area (Å²) in [5.41, 5.74) is 4.31. The van der Waals surface area contributed by atoms with Gasteiger partial charge in [-0.05, 0) is 29.5 Å². The molecule has 92 valence electrons. The van der Waals surface area contributed by atoms with Crippen molar-refractivity contribution in [3.05, 3.63) is 65.7 Å². The third-order valence-electron chi connectivity index (χ3n) is 3.86. The Balaban J connectivity index is 1.89. The van der Waals surface area contributed by atoms with Crippen LogP contribution in [0, 0.1) is 0 Å². The summed E-state index contributed by atoms with van der Waals surface area (Å²) in [6.45, 7) is 4.51. The monoisotopic (exact) mass is 237 g/mol. The fourth-order valence-corrected chi connectivity index (χ4v) is 2.79. The first-order valence-electron chi connectivity index (χ1n) is 6.72. The molecule has 0 saturated heterocycles. The Labute approximate surface area is 109 Å². The van der Waals surface area contributed by atoms with Crippen LogP contribution >= 0.6 is 0 Å². The van der Waals surface area contributed by atoms with E-state index < -0.39 is 0 Å². The smallest absolute Gasteiger partial charge is 0.0429 e. The highest BCUT2D eigenvalue weighted by Gasteiger charge is 2.21. The molecule has 0 spiro atoms. The molecule has 3 rings (SSSR count). The van der Waals surface area contributed by atoms with Gasteiger partial charge in [-0.3, -0.25) is 0 Å². The summed E-state index contributed by atoms with van der Waals surface area (Å²) in [4.78, 5) is 2.50. The Bertz CT molecular complexity index is 518. The summed E-state index contributed by atoms with van der Waals surface area (Å²) in [5.74, 6) is 0.688. The van der Waals surface area contributed by atoms with Crippen molar-refractivity contribution in [1.29, 1.82) is 0 Å². The molecule has 0 aromatic heterocycles. The molecule has 0 radical (unpaired) electrons. The molecule has 1 nitrogen and oxygen atoms in total. The lowest BCUT2D eigenvalue weighted by atomic mass is 9.91. The third kappa shape index (κ3) is 2.13. The van der Waals surface area contributed by atoms with Crippen LogP contribution in [0.5, 0.6) is 0 Å². The average Bonchev–Trinajstić information content (AvgIpc) is 2.44. The summed E-state index contributed by atoms with van der Waals surface area (Å²) in [6, 6.07) is 19.6. The van der Waals surface area contributed by atoms with Gasteiger partial charge in [0.15, 0.2) is 0 Å². The maximum Gasteiger partial charge on any atom is 0.0429 e. The van der Waals surface area contributed by atoms with E-state index in [4.69, 9.17) is 0 Å². The van der Waals surface area contributed by atoms with Gasteiger partial charge in [0, 0.05) is 18.8 Å². The van der Waals surface area contributed by atoms with Crippen LogP contribution in [0.3, 0.4) is 0 Å². The second kappa shape index (κ2) is 4.85. The number of para-hydroxylation sites is 1. The van der Waals surface area contributed by atoms with Gasteiger partial charge in [-0.2, -0.15) is 0 Å². The third-order valence-corrected chi connectivity index (χ3v) is 3.86. The van der Waals surface area contributed by atoms with Crippen molar-refractivity contribution in [3.8, 4) is 0 Å². The van der Waals surface area contributed by atoms with Gasteiger partial charge in [-0.15, -0.1) is 0 Å². The quantitative estimate of drug-likeness (QED) is 0.756. The number of nitrogens with zero attached hydrogens (tertiary/aromatic N) is 1. The van der Waals surface area contributed by atoms with E-state index in [1.54, 1.807) is 0 Å². The van der Waals surface area contributed by atoms with Crippen LogP contribution in [0.25, 0.3) is 0 Å². The fraction of sp³-hybridized carbons (Fsp3) is 0.294. The molecule has 0 fully saturated rings. The fourth-order valence-electron chi connectivity index (χ4n) is 2.79. The highest BCUT2D eigenvalue weighted by atomic mass is 15.1. The predicted molar refractivity (Wildman–Crippen MR) is 77.0 cm³/mol. The minimum Gasteiger partial charge on any atom is -0.367 e. The molecule has 0 N–H and O–H groups in total. The Morgan fingerprint density at radius 2 is 1.72 bits per heavy atom. The molecule has 0 unspecified atom stereocenters. The zero-order chi connectivity index (χ0) is 12.4. The lowest BCUT2D eigenvalue weighted by Crippen LogP contribution is -2.29. The predicted octanol–water partition coefficient (Wildman–Crippen LogP) is 4.20. The zero-order valence-corrected chi connectivity index (χ0v) is 10.8. The first-order chi connectivity index (χ1) is 8.84. The topological polar surface area (TPSA) is 3.24 Å². The SMILES string of the molecule is C[C@@H]1CCN(Cc2ccccc2)c2ccccc21. The van der Waals surface area contributed by atoms with Gasteiger partial charge < -0.3 is 4.90 Å². The van der Waals surface area contributed by atoms with E-state index in [-0.39, 0.29) is 0 Å². The van der Waals surface area contributed by atoms with E-state index in [0.717, 1.165) is 13.1 Å². The Hall–Kier alpha value is -1.76. The summed E-state index contributed by atoms with van der Waals surface area (Å²) in [5, 5.41) is 0. The van der Waals surface area contributed by atoms with Gasteiger partial charge in [-0.25, -0.2) is 0 Å². The van der Waals surface area contributed by atoms with E-state index in [1.807, 2.05) is 0 Å². The highest BCUT2D eigenvalue weighted by molar-refractivity contribution is 5.57. The molecule has 18 heavy (non-hydrogen) atoms. The number of rotatable bonds is 2. The molecule has 1 heterocycles. The first-order valence-corrected chi connectivity index (χ1v) is 6.72. The number of hydrogen-bond donors (Lipinski definition) is 0. The lowest BCUT2D eigenvalue weighted by Gasteiger charge is -2.34. The van der Waals surface area contributed by atoms with E-state index in [1.165, 1.54) is 23.2 Å². The van der Waals surface area contributed by atoms with Crippen LogP contribution in [0.4, 0.5) is 5.69 Å². The molecule has 0 saturated carbocycles. The number of fused-ring (bicyclic) bond motifs is 1. The average molecular weight is 237 g/mol. The van der Waals surface area contributed by atoms with Crippen molar-refractivity contribution in [2.24, 2.45) is 0 Å². The molecule has 1 aliphatic rings. The van der Waals surface area contributed by atoms with E-state index >= 15 is 0 Å². The van der Waals surface area contributed by atoms with E-state index in [2.05, 4.69) is 66.4 Å². The number of anilines is 1. The van der Waals surface area contributed by atoms with Gasteiger partial charge in [0.2, 0.25) is 0 Å². The zero-order valence-electron chi connectivity index (χ0n) is 10.8. The minimum absolute atomic E-state index is 0.688. The Morgan fingerprint density at radius 1 is 1.00 bits per heavy atom. The summed E-state index contributed by atoms with van der Waals surface area (Å²) >= 11 is 0. The Kier molecular flexibility index (Phi) is 3.06. The highest BCUT2D eigenvalue weighted by Crippen LogP contribution is 2.35. The Morgan fingerprint density at radius 3 is 2.56 bits per heavy atom. The number of hydrogen-bond acceptors (Lipinski definition) is 1. The minimum atomic E-state index is 0.688. The second-order valence-electron chi connectivity index (χ2n) is 5.16. The van der Waals surface area contributed by atoms with Crippen LogP contribution in [0.2, 0.25) is 0 Å². The molecule has 2 aromatic rings. The lowest BCUT2D eigenvalue weighted by molar-refractivity contribution is 0.609. The van der Waals surface area contributed by atoms with E-state index in [0.29, 0.717) is 5.92 Å². The van der Waals surface area contributed by atoms with Gasteiger partial charge >= 0.3 is 0 Å². The van der Waals surface area contributed by atoms with Crippen LogP contribution in [0.1, 0.15) is 30.4 Å². The largest absolute Gasteiger partial charge is 0.367 e. The van der Waals surface area contributed by atoms with Gasteiger partial charge in [0.05, 0.1) is 0 Å². The van der Waals surface area contributed by atoms with Crippen LogP contribution in [-0.4, -0.2) is 6.54 Å². The summed E-state index contributed by atoms with van der Waals surface area (Å²) in [6.07, 6.45) is 1.25. The molecular formula is C17H19N. The maximum atomic E-state index is 2.50. The van der Waals surface area contributed by atoms with Crippen molar-refractivity contribution in [2.75, 3.05) is 11.4 Å². The molecule has 2 aromatic carbocycles. The van der Waals surface area contributed by atoms with Crippen molar-refractivity contribution in [3.63, 3.8) is 0 Å². The molecule has 1 heteroatoms. The molecule has 0 aliphatic carbocycles. The second-order valence-corrected chi connectivity index (χ2v) is 5.16. The molecule has 0 amide bonds. The van der Waals surface area contributed by atoms with Gasteiger partial charge in [0.1, 0.15) is 0 Å². The summed E-state index contributed by atoms with van der Waals surface area (Å²) < 4.78 is 0. The molecule has 0 bridgehead atoms. The number of benzene rings is 2. The standard InChI is InChI=1S/C17H19N/c1-14-11-12-18(13-15-7-3-2-4-8-15)17-10-6-5-9-16(14)17/h2-10,14H,11-13H2,1H3/t14-/m1/s1. The van der Waals surface area contributed by atoms with Gasteiger partial charge in [0.25, 0.3) is 0 Å². The first kappa shape index (κ1) is 11.3. The molecule has 1 atom stereocenters. The van der Waals surface area contributed by atoms with Crippen LogP contribution < -0.4 is 4.90 Å². The maximum absolute atomic E-state index is 2.50. The van der Waals surface area contributed by atoms with Crippen molar-refractivity contribution < 1.29 is 0 Å². The molecule has 1 aliphatic heterocycles. The van der Waals surface area contributed by atoms with Gasteiger partial charge in [-0.1, -0.05) is 55.5 Å². The van der Waals surface area contributed by atoms with Crippen molar-refractivity contribution in [1.82, 2.24) is 0 Å². The normalized spacial score (nSPS) is 18.5. The van der Waals surface area contributed by atoms with Crippen molar-refractivity contribution >= 4 is 5.69 Å². The van der Waals surface area contributed by atoms with E-state index in [9.17, 15) is 0 Å². The van der Waals surface area contributed by atoms with Crippen molar-refractivity contribution in [2.45, 2.75) is 25.8 Å². The molecular weight excluding hydrogens is 218 g/mol. The van der Waals surface area contributed by atoms with Crippen LogP contribution in [-0.2, 0) is 6.54 Å².